The Labute approximate surface area is 121 Å². The van der Waals surface area contributed by atoms with Gasteiger partial charge < -0.3 is 9.88 Å². The number of nitrogens with one attached hydrogen (secondary N) is 1. The van der Waals surface area contributed by atoms with E-state index in [0.29, 0.717) is 0 Å². The molecule has 2 saturated carbocycles. The Morgan fingerprint density at radius 1 is 1.05 bits per heavy atom. The molecule has 2 aromatic rings. The summed E-state index contributed by atoms with van der Waals surface area (Å²) in [5.41, 5.74) is 2.88. The first-order valence-electron chi connectivity index (χ1n) is 8.20. The van der Waals surface area contributed by atoms with Crippen LogP contribution < -0.4 is 5.32 Å². The van der Waals surface area contributed by atoms with Crippen LogP contribution in [-0.4, -0.2) is 10.6 Å². The minimum Gasteiger partial charge on any atom is -0.347 e. The SMILES string of the molecule is c1cc(CNC2CC2)c2ccn(CC3CCCC3)c2c1. The Hall–Kier alpha value is -1.28. The molecule has 4 rings (SSSR count). The molecule has 2 aliphatic rings. The highest BCUT2D eigenvalue weighted by atomic mass is 15.0. The molecule has 20 heavy (non-hydrogen) atoms. The Kier molecular flexibility index (Phi) is 3.27. The number of nitrogens with zero attached hydrogens (tertiary/aromatic N) is 1. The molecule has 2 aliphatic carbocycles. The minimum absolute atomic E-state index is 0.783. The molecule has 1 N–H and O–H groups in total. The van der Waals surface area contributed by atoms with Crippen LogP contribution in [0.3, 0.4) is 0 Å². The van der Waals surface area contributed by atoms with Crippen LogP contribution in [0.4, 0.5) is 0 Å². The first-order chi connectivity index (χ1) is 9.90. The maximum absolute atomic E-state index is 3.64. The van der Waals surface area contributed by atoms with Crippen LogP contribution in [0.15, 0.2) is 30.5 Å². The van der Waals surface area contributed by atoms with Gasteiger partial charge in [0.25, 0.3) is 0 Å². The molecule has 0 radical (unpaired) electrons. The van der Waals surface area contributed by atoms with Crippen molar-refractivity contribution in [3.63, 3.8) is 0 Å². The van der Waals surface area contributed by atoms with Gasteiger partial charge in [-0.1, -0.05) is 25.0 Å². The zero-order valence-corrected chi connectivity index (χ0v) is 12.1. The molecule has 1 heterocycles. The molecule has 0 amide bonds. The largest absolute Gasteiger partial charge is 0.347 e. The molecule has 0 aliphatic heterocycles. The van der Waals surface area contributed by atoms with Crippen LogP contribution in [0, 0.1) is 5.92 Å². The minimum atomic E-state index is 0.783. The van der Waals surface area contributed by atoms with E-state index in [-0.39, 0.29) is 0 Å². The van der Waals surface area contributed by atoms with Crippen molar-refractivity contribution in [3.05, 3.63) is 36.0 Å². The maximum Gasteiger partial charge on any atom is 0.0483 e. The summed E-state index contributed by atoms with van der Waals surface area (Å²) in [7, 11) is 0. The van der Waals surface area contributed by atoms with E-state index in [0.717, 1.165) is 18.5 Å². The van der Waals surface area contributed by atoms with Gasteiger partial charge in [0.05, 0.1) is 0 Å². The monoisotopic (exact) mass is 268 g/mol. The quantitative estimate of drug-likeness (QED) is 0.864. The summed E-state index contributed by atoms with van der Waals surface area (Å²) in [6.07, 6.45) is 10.7. The van der Waals surface area contributed by atoms with Crippen LogP contribution in [-0.2, 0) is 13.1 Å². The van der Waals surface area contributed by atoms with E-state index in [1.54, 1.807) is 0 Å². The highest BCUT2D eigenvalue weighted by Crippen LogP contribution is 2.29. The fourth-order valence-electron chi connectivity index (χ4n) is 3.61. The van der Waals surface area contributed by atoms with Crippen molar-refractivity contribution in [2.75, 3.05) is 0 Å². The average molecular weight is 268 g/mol. The van der Waals surface area contributed by atoms with Crippen molar-refractivity contribution in [1.29, 1.82) is 0 Å². The number of aromatic nitrogens is 1. The molecule has 2 fully saturated rings. The van der Waals surface area contributed by atoms with Crippen molar-refractivity contribution < 1.29 is 0 Å². The normalized spacial score (nSPS) is 20.0. The van der Waals surface area contributed by atoms with Crippen LogP contribution >= 0.6 is 0 Å². The van der Waals surface area contributed by atoms with Crippen LogP contribution in [0.25, 0.3) is 10.9 Å². The van der Waals surface area contributed by atoms with E-state index in [9.17, 15) is 0 Å². The fraction of sp³-hybridized carbons (Fsp3) is 0.556. The van der Waals surface area contributed by atoms with Gasteiger partial charge in [-0.2, -0.15) is 0 Å². The second-order valence-electron chi connectivity index (χ2n) is 6.62. The van der Waals surface area contributed by atoms with Gasteiger partial charge in [0.15, 0.2) is 0 Å². The number of fused-ring (bicyclic) bond motifs is 1. The van der Waals surface area contributed by atoms with E-state index in [4.69, 9.17) is 0 Å². The highest BCUT2D eigenvalue weighted by molar-refractivity contribution is 5.83. The molecular formula is C18H24N2. The molecule has 1 aromatic carbocycles. The number of rotatable bonds is 5. The van der Waals surface area contributed by atoms with Crippen LogP contribution in [0.1, 0.15) is 44.1 Å². The molecule has 2 nitrogen and oxygen atoms in total. The lowest BCUT2D eigenvalue weighted by Gasteiger charge is -2.12. The summed E-state index contributed by atoms with van der Waals surface area (Å²) in [4.78, 5) is 0. The summed E-state index contributed by atoms with van der Waals surface area (Å²) < 4.78 is 2.48. The second kappa shape index (κ2) is 5.25. The van der Waals surface area contributed by atoms with Gasteiger partial charge in [-0.3, -0.25) is 0 Å². The molecule has 0 bridgehead atoms. The molecule has 106 valence electrons. The molecule has 1 aromatic heterocycles. The summed E-state index contributed by atoms with van der Waals surface area (Å²) >= 11 is 0. The molecule has 0 atom stereocenters. The van der Waals surface area contributed by atoms with Crippen molar-refractivity contribution in [2.45, 2.75) is 57.7 Å². The molecule has 0 saturated heterocycles. The van der Waals surface area contributed by atoms with Gasteiger partial charge in [0, 0.05) is 36.2 Å². The van der Waals surface area contributed by atoms with Crippen LogP contribution in [0.5, 0.6) is 0 Å². The van der Waals surface area contributed by atoms with E-state index in [2.05, 4.69) is 40.3 Å². The van der Waals surface area contributed by atoms with Gasteiger partial charge in [-0.25, -0.2) is 0 Å². The summed E-state index contributed by atoms with van der Waals surface area (Å²) in [5.74, 6) is 0.902. The van der Waals surface area contributed by atoms with Crippen molar-refractivity contribution in [1.82, 2.24) is 9.88 Å². The maximum atomic E-state index is 3.64. The second-order valence-corrected chi connectivity index (χ2v) is 6.62. The smallest absolute Gasteiger partial charge is 0.0483 e. The lowest BCUT2D eigenvalue weighted by molar-refractivity contribution is 0.466. The third kappa shape index (κ3) is 2.49. The Morgan fingerprint density at radius 2 is 1.90 bits per heavy atom. The van der Waals surface area contributed by atoms with E-state index < -0.39 is 0 Å². The fourth-order valence-corrected chi connectivity index (χ4v) is 3.61. The zero-order chi connectivity index (χ0) is 13.4. The predicted octanol–water partition coefficient (Wildman–Crippen LogP) is 4.08. The summed E-state index contributed by atoms with van der Waals surface area (Å²) in [5, 5.41) is 5.08. The third-order valence-electron chi connectivity index (χ3n) is 4.99. The Balaban J connectivity index is 1.57. The van der Waals surface area contributed by atoms with Crippen molar-refractivity contribution >= 4 is 10.9 Å². The third-order valence-corrected chi connectivity index (χ3v) is 4.99. The lowest BCUT2D eigenvalue weighted by atomic mass is 10.1. The molecule has 0 spiro atoms. The lowest BCUT2D eigenvalue weighted by Crippen LogP contribution is -2.15. The van der Waals surface area contributed by atoms with Gasteiger partial charge in [-0.15, -0.1) is 0 Å². The van der Waals surface area contributed by atoms with Gasteiger partial charge in [0.1, 0.15) is 0 Å². The summed E-state index contributed by atoms with van der Waals surface area (Å²) in [6.45, 7) is 2.23. The van der Waals surface area contributed by atoms with E-state index in [1.165, 1.54) is 61.5 Å². The van der Waals surface area contributed by atoms with Gasteiger partial charge in [0.2, 0.25) is 0 Å². The molecular weight excluding hydrogens is 244 g/mol. The Bertz CT molecular complexity index is 588. The highest BCUT2D eigenvalue weighted by Gasteiger charge is 2.20. The number of benzene rings is 1. The predicted molar refractivity (Wildman–Crippen MR) is 83.8 cm³/mol. The van der Waals surface area contributed by atoms with Crippen molar-refractivity contribution in [3.8, 4) is 0 Å². The number of hydrogen-bond donors (Lipinski definition) is 1. The molecule has 0 unspecified atom stereocenters. The average Bonchev–Trinajstić information content (AvgIpc) is 2.99. The first-order valence-corrected chi connectivity index (χ1v) is 8.20. The van der Waals surface area contributed by atoms with Crippen molar-refractivity contribution in [2.24, 2.45) is 5.92 Å². The van der Waals surface area contributed by atoms with Gasteiger partial charge >= 0.3 is 0 Å². The standard InChI is InChI=1S/C18H24N2/c1-2-5-14(4-1)13-20-11-10-17-15(6-3-7-18(17)20)12-19-16-8-9-16/h3,6-7,10-11,14,16,19H,1-2,4-5,8-9,12-13H2. The topological polar surface area (TPSA) is 17.0 Å². The summed E-state index contributed by atoms with van der Waals surface area (Å²) in [6, 6.07) is 9.87. The Morgan fingerprint density at radius 3 is 2.70 bits per heavy atom. The molecule has 2 heteroatoms. The zero-order valence-electron chi connectivity index (χ0n) is 12.1. The van der Waals surface area contributed by atoms with Gasteiger partial charge in [-0.05, 0) is 49.3 Å². The van der Waals surface area contributed by atoms with E-state index in [1.807, 2.05) is 0 Å². The van der Waals surface area contributed by atoms with Crippen LogP contribution in [0.2, 0.25) is 0 Å². The first kappa shape index (κ1) is 12.5. The van der Waals surface area contributed by atoms with E-state index >= 15 is 0 Å². The number of hydrogen-bond acceptors (Lipinski definition) is 1.